The Labute approximate surface area is 109 Å². The maximum Gasteiger partial charge on any atom is 0.356 e. The first-order chi connectivity index (χ1) is 8.49. The largest absolute Gasteiger partial charge is 0.476 e. The average Bonchev–Trinajstić information content (AvgIpc) is 2.78. The van der Waals surface area contributed by atoms with Crippen LogP contribution in [-0.4, -0.2) is 25.8 Å². The van der Waals surface area contributed by atoms with E-state index in [1.165, 1.54) is 35.1 Å². The molecule has 0 atom stereocenters. The molecule has 1 heterocycles. The first kappa shape index (κ1) is 12.2. The smallest absolute Gasteiger partial charge is 0.356 e. The molecule has 0 saturated heterocycles. The highest BCUT2D eigenvalue weighted by atomic mass is 79.9. The monoisotopic (exact) mass is 311 g/mol. The van der Waals surface area contributed by atoms with Crippen LogP contribution < -0.4 is 0 Å². The molecule has 0 spiro atoms. The lowest BCUT2D eigenvalue weighted by molar-refractivity contribution is -0.384. The van der Waals surface area contributed by atoms with Crippen molar-refractivity contribution in [1.29, 1.82) is 0 Å². The number of aromatic nitrogens is 2. The summed E-state index contributed by atoms with van der Waals surface area (Å²) in [5.74, 6) is -1.16. The van der Waals surface area contributed by atoms with E-state index in [1.54, 1.807) is 0 Å². The molecule has 0 fully saturated rings. The molecule has 0 bridgehead atoms. The Kier molecular flexibility index (Phi) is 3.11. The van der Waals surface area contributed by atoms with Crippen LogP contribution in [0.25, 0.3) is 5.69 Å². The van der Waals surface area contributed by atoms with Crippen molar-refractivity contribution >= 4 is 27.6 Å². The third-order valence-corrected chi connectivity index (χ3v) is 2.87. The van der Waals surface area contributed by atoms with Gasteiger partial charge in [0.25, 0.3) is 5.69 Å². The third-order valence-electron chi connectivity index (χ3n) is 2.20. The second-order valence-corrected chi connectivity index (χ2v) is 4.20. The highest BCUT2D eigenvalue weighted by Crippen LogP contribution is 2.25. The molecule has 92 valence electrons. The van der Waals surface area contributed by atoms with E-state index in [0.717, 1.165) is 0 Å². The van der Waals surface area contributed by atoms with Crippen LogP contribution in [0.2, 0.25) is 0 Å². The zero-order chi connectivity index (χ0) is 13.3. The number of carboxylic acid groups (broad SMARTS) is 1. The number of hydrogen-bond acceptors (Lipinski definition) is 4. The molecule has 0 unspecified atom stereocenters. The number of carboxylic acids is 1. The van der Waals surface area contributed by atoms with Crippen LogP contribution in [0.1, 0.15) is 10.5 Å². The van der Waals surface area contributed by atoms with Crippen molar-refractivity contribution < 1.29 is 14.8 Å². The van der Waals surface area contributed by atoms with Crippen LogP contribution in [0.15, 0.2) is 34.9 Å². The summed E-state index contributed by atoms with van der Waals surface area (Å²) in [6.45, 7) is 0. The number of halogens is 1. The first-order valence-corrected chi connectivity index (χ1v) is 5.51. The van der Waals surface area contributed by atoms with Crippen molar-refractivity contribution in [3.05, 3.63) is 50.7 Å². The van der Waals surface area contributed by atoms with Gasteiger partial charge in [-0.1, -0.05) is 0 Å². The zero-order valence-electron chi connectivity index (χ0n) is 8.78. The topological polar surface area (TPSA) is 98.3 Å². The van der Waals surface area contributed by atoms with Crippen molar-refractivity contribution in [2.24, 2.45) is 0 Å². The number of aromatic carboxylic acids is 1. The zero-order valence-corrected chi connectivity index (χ0v) is 10.4. The summed E-state index contributed by atoms with van der Waals surface area (Å²) in [5, 5.41) is 23.2. The number of rotatable bonds is 3. The summed E-state index contributed by atoms with van der Waals surface area (Å²) in [6.07, 6.45) is 1.42. The minimum absolute atomic E-state index is 0.0967. The van der Waals surface area contributed by atoms with E-state index in [-0.39, 0.29) is 11.4 Å². The summed E-state index contributed by atoms with van der Waals surface area (Å²) < 4.78 is 1.84. The van der Waals surface area contributed by atoms with E-state index < -0.39 is 10.9 Å². The summed E-state index contributed by atoms with van der Waals surface area (Å²) >= 11 is 3.23. The van der Waals surface area contributed by atoms with Crippen molar-refractivity contribution in [2.45, 2.75) is 0 Å². The summed E-state index contributed by atoms with van der Waals surface area (Å²) in [6, 6.07) is 5.47. The van der Waals surface area contributed by atoms with Crippen molar-refractivity contribution in [2.75, 3.05) is 0 Å². The molecular formula is C10H6BrN3O4. The van der Waals surface area contributed by atoms with E-state index in [9.17, 15) is 14.9 Å². The van der Waals surface area contributed by atoms with Crippen LogP contribution in [0, 0.1) is 10.1 Å². The Hall–Kier alpha value is -2.22. The molecule has 0 saturated carbocycles. The molecular weight excluding hydrogens is 306 g/mol. The molecule has 2 aromatic rings. The minimum atomic E-state index is -1.16. The minimum Gasteiger partial charge on any atom is -0.476 e. The SMILES string of the molecule is O=C(O)c1ccn(-c2cc([N+](=O)[O-])ccc2Br)n1. The van der Waals surface area contributed by atoms with Crippen LogP contribution >= 0.6 is 15.9 Å². The Balaban J connectivity index is 2.51. The van der Waals surface area contributed by atoms with Gasteiger partial charge in [-0.2, -0.15) is 5.10 Å². The van der Waals surface area contributed by atoms with Gasteiger partial charge in [-0.05, 0) is 28.1 Å². The Morgan fingerprint density at radius 2 is 2.17 bits per heavy atom. The fourth-order valence-electron chi connectivity index (χ4n) is 1.36. The first-order valence-electron chi connectivity index (χ1n) is 4.72. The molecule has 18 heavy (non-hydrogen) atoms. The van der Waals surface area contributed by atoms with E-state index in [2.05, 4.69) is 21.0 Å². The molecule has 0 aliphatic heterocycles. The molecule has 7 nitrogen and oxygen atoms in total. The number of non-ortho nitro benzene ring substituents is 1. The van der Waals surface area contributed by atoms with Gasteiger partial charge < -0.3 is 5.11 Å². The number of nitro groups is 1. The normalized spacial score (nSPS) is 10.3. The van der Waals surface area contributed by atoms with E-state index in [4.69, 9.17) is 5.11 Å². The van der Waals surface area contributed by atoms with Crippen molar-refractivity contribution in [1.82, 2.24) is 9.78 Å². The predicted octanol–water partition coefficient (Wildman–Crippen LogP) is 2.24. The van der Waals surface area contributed by atoms with Gasteiger partial charge in [-0.25, -0.2) is 9.48 Å². The van der Waals surface area contributed by atoms with Crippen LogP contribution in [0.5, 0.6) is 0 Å². The van der Waals surface area contributed by atoms with E-state index in [1.807, 2.05) is 0 Å². The number of carbonyl (C=O) groups is 1. The number of nitro benzene ring substituents is 1. The Morgan fingerprint density at radius 1 is 1.44 bits per heavy atom. The van der Waals surface area contributed by atoms with Gasteiger partial charge in [0.05, 0.1) is 10.6 Å². The second kappa shape index (κ2) is 4.57. The van der Waals surface area contributed by atoms with Crippen molar-refractivity contribution in [3.8, 4) is 5.69 Å². The highest BCUT2D eigenvalue weighted by molar-refractivity contribution is 9.10. The van der Waals surface area contributed by atoms with Gasteiger partial charge in [-0.15, -0.1) is 0 Å². The number of benzene rings is 1. The Bertz CT molecular complexity index is 638. The van der Waals surface area contributed by atoms with Crippen LogP contribution in [-0.2, 0) is 0 Å². The van der Waals surface area contributed by atoms with Gasteiger partial charge in [0.2, 0.25) is 0 Å². The van der Waals surface area contributed by atoms with E-state index >= 15 is 0 Å². The molecule has 2 rings (SSSR count). The maximum atomic E-state index is 10.7. The standard InChI is InChI=1S/C10H6BrN3O4/c11-7-2-1-6(14(17)18)5-9(7)13-4-3-8(12-13)10(15)16/h1-5H,(H,15,16). The number of hydrogen-bond donors (Lipinski definition) is 1. The molecule has 0 aliphatic carbocycles. The highest BCUT2D eigenvalue weighted by Gasteiger charge is 2.13. The van der Waals surface area contributed by atoms with Gasteiger partial charge >= 0.3 is 5.97 Å². The van der Waals surface area contributed by atoms with E-state index in [0.29, 0.717) is 10.2 Å². The lowest BCUT2D eigenvalue weighted by Crippen LogP contribution is -2.02. The Morgan fingerprint density at radius 3 is 2.72 bits per heavy atom. The number of nitrogens with zero attached hydrogens (tertiary/aromatic N) is 3. The second-order valence-electron chi connectivity index (χ2n) is 3.34. The summed E-state index contributed by atoms with van der Waals surface area (Å²) in [5.41, 5.74) is 0.172. The maximum absolute atomic E-state index is 10.7. The van der Waals surface area contributed by atoms with Gasteiger partial charge in [0.1, 0.15) is 0 Å². The predicted molar refractivity (Wildman–Crippen MR) is 64.9 cm³/mol. The third kappa shape index (κ3) is 2.23. The van der Waals surface area contributed by atoms with Gasteiger partial charge in [0, 0.05) is 22.8 Å². The summed E-state index contributed by atoms with van der Waals surface area (Å²) in [7, 11) is 0. The van der Waals surface area contributed by atoms with Crippen LogP contribution in [0.3, 0.4) is 0 Å². The lowest BCUT2D eigenvalue weighted by atomic mass is 10.3. The van der Waals surface area contributed by atoms with Crippen molar-refractivity contribution in [3.63, 3.8) is 0 Å². The molecule has 1 aromatic heterocycles. The fraction of sp³-hybridized carbons (Fsp3) is 0. The van der Waals surface area contributed by atoms with Gasteiger partial charge in [0.15, 0.2) is 5.69 Å². The quantitative estimate of drug-likeness (QED) is 0.692. The van der Waals surface area contributed by atoms with Crippen LogP contribution in [0.4, 0.5) is 5.69 Å². The average molecular weight is 312 g/mol. The molecule has 1 N–H and O–H groups in total. The lowest BCUT2D eigenvalue weighted by Gasteiger charge is -2.03. The molecule has 0 aliphatic rings. The molecule has 0 amide bonds. The molecule has 1 aromatic carbocycles. The molecule has 8 heteroatoms. The fourth-order valence-corrected chi connectivity index (χ4v) is 1.79. The van der Waals surface area contributed by atoms with Gasteiger partial charge in [-0.3, -0.25) is 10.1 Å². The summed E-state index contributed by atoms with van der Waals surface area (Å²) in [4.78, 5) is 20.9. The molecule has 0 radical (unpaired) electrons.